The summed E-state index contributed by atoms with van der Waals surface area (Å²) in [6.07, 6.45) is -0.404. The summed E-state index contributed by atoms with van der Waals surface area (Å²) >= 11 is 0. The van der Waals surface area contributed by atoms with Crippen LogP contribution in [-0.2, 0) is 0 Å². The minimum atomic E-state index is -0.423. The molecule has 0 bridgehead atoms. The zero-order chi connectivity index (χ0) is 26.2. The molecule has 0 heterocycles. The summed E-state index contributed by atoms with van der Waals surface area (Å²) in [4.78, 5) is 25.8. The molecular formula is C31H30N2O4. The molecule has 0 atom stereocenters. The number of rotatable bonds is 9. The average Bonchev–Trinajstić information content (AvgIpc) is 2.93. The van der Waals surface area contributed by atoms with Gasteiger partial charge in [-0.15, -0.1) is 0 Å². The molecule has 0 fully saturated rings. The average molecular weight is 495 g/mol. The Morgan fingerprint density at radius 3 is 1.78 bits per heavy atom. The molecule has 2 N–H and O–H groups in total. The molecule has 2 amide bonds. The van der Waals surface area contributed by atoms with Crippen LogP contribution < -0.4 is 20.1 Å². The molecule has 4 rings (SSSR count). The van der Waals surface area contributed by atoms with Crippen LogP contribution in [-0.4, -0.2) is 18.9 Å². The SMILES string of the molecule is COc1ccc(NC(=O)Nc2ccc(OC(c3ccccc3)c3ccccc3)c(C(=O)C(C)C)c2)cc1. The van der Waals surface area contributed by atoms with E-state index in [9.17, 15) is 9.59 Å². The summed E-state index contributed by atoms with van der Waals surface area (Å²) in [5.74, 6) is 0.826. The lowest BCUT2D eigenvalue weighted by Gasteiger charge is -2.23. The van der Waals surface area contributed by atoms with E-state index in [1.807, 2.05) is 74.5 Å². The van der Waals surface area contributed by atoms with Crippen LogP contribution in [0.4, 0.5) is 16.2 Å². The minimum absolute atomic E-state index is 0.0749. The Hall–Kier alpha value is -4.58. The van der Waals surface area contributed by atoms with E-state index in [-0.39, 0.29) is 11.7 Å². The minimum Gasteiger partial charge on any atom is -0.497 e. The first kappa shape index (κ1) is 25.5. The van der Waals surface area contributed by atoms with Crippen LogP contribution in [0.15, 0.2) is 103 Å². The number of nitrogens with one attached hydrogen (secondary N) is 2. The van der Waals surface area contributed by atoms with Crippen LogP contribution in [0.1, 0.15) is 41.4 Å². The van der Waals surface area contributed by atoms with Gasteiger partial charge in [0.15, 0.2) is 5.78 Å². The van der Waals surface area contributed by atoms with Crippen LogP contribution in [0.2, 0.25) is 0 Å². The molecule has 4 aromatic rings. The van der Waals surface area contributed by atoms with E-state index < -0.39 is 12.1 Å². The van der Waals surface area contributed by atoms with E-state index in [1.54, 1.807) is 49.6 Å². The predicted octanol–water partition coefficient (Wildman–Crippen LogP) is 7.35. The zero-order valence-corrected chi connectivity index (χ0v) is 21.1. The van der Waals surface area contributed by atoms with Crippen LogP contribution in [0.25, 0.3) is 0 Å². The monoisotopic (exact) mass is 494 g/mol. The van der Waals surface area contributed by atoms with E-state index in [0.717, 1.165) is 11.1 Å². The molecule has 6 heteroatoms. The lowest BCUT2D eigenvalue weighted by molar-refractivity contribution is 0.0933. The maximum Gasteiger partial charge on any atom is 0.323 e. The molecule has 0 aromatic heterocycles. The lowest BCUT2D eigenvalue weighted by atomic mass is 9.98. The highest BCUT2D eigenvalue weighted by molar-refractivity contribution is 6.03. The van der Waals surface area contributed by atoms with Gasteiger partial charge in [0.1, 0.15) is 17.6 Å². The normalized spacial score (nSPS) is 10.7. The fraction of sp³-hybridized carbons (Fsp3) is 0.161. The van der Waals surface area contributed by atoms with E-state index in [4.69, 9.17) is 9.47 Å². The Balaban J connectivity index is 1.61. The molecule has 37 heavy (non-hydrogen) atoms. The van der Waals surface area contributed by atoms with Crippen molar-refractivity contribution in [3.8, 4) is 11.5 Å². The van der Waals surface area contributed by atoms with E-state index in [2.05, 4.69) is 10.6 Å². The van der Waals surface area contributed by atoms with Gasteiger partial charge in [-0.3, -0.25) is 4.79 Å². The molecule has 0 aliphatic carbocycles. The number of hydrogen-bond acceptors (Lipinski definition) is 4. The maximum absolute atomic E-state index is 13.2. The maximum atomic E-state index is 13.2. The fourth-order valence-electron chi connectivity index (χ4n) is 3.89. The zero-order valence-electron chi connectivity index (χ0n) is 21.1. The van der Waals surface area contributed by atoms with Crippen molar-refractivity contribution in [2.45, 2.75) is 20.0 Å². The van der Waals surface area contributed by atoms with Gasteiger partial charge in [-0.25, -0.2) is 4.79 Å². The number of amides is 2. The number of anilines is 2. The summed E-state index contributed by atoms with van der Waals surface area (Å²) in [5.41, 5.74) is 3.45. The smallest absolute Gasteiger partial charge is 0.323 e. The molecule has 188 valence electrons. The summed E-state index contributed by atoms with van der Waals surface area (Å²) in [6.45, 7) is 3.68. The van der Waals surface area contributed by atoms with Gasteiger partial charge in [-0.05, 0) is 53.6 Å². The summed E-state index contributed by atoms with van der Waals surface area (Å²) < 4.78 is 11.7. The third kappa shape index (κ3) is 6.55. The number of hydrogen-bond donors (Lipinski definition) is 2. The summed E-state index contributed by atoms with van der Waals surface area (Å²) in [6, 6.07) is 31.5. The number of carbonyl (C=O) groups is 2. The van der Waals surface area contributed by atoms with Crippen molar-refractivity contribution in [2.75, 3.05) is 17.7 Å². The van der Waals surface area contributed by atoms with E-state index in [0.29, 0.717) is 28.4 Å². The summed E-state index contributed by atoms with van der Waals surface area (Å²) in [5, 5.41) is 5.59. The van der Waals surface area contributed by atoms with Crippen molar-refractivity contribution < 1.29 is 19.1 Å². The van der Waals surface area contributed by atoms with Crippen molar-refractivity contribution in [3.63, 3.8) is 0 Å². The van der Waals surface area contributed by atoms with E-state index in [1.165, 1.54) is 0 Å². The number of methoxy groups -OCH3 is 1. The molecule has 0 aliphatic rings. The van der Waals surface area contributed by atoms with Crippen LogP contribution in [0, 0.1) is 5.92 Å². The van der Waals surface area contributed by atoms with Crippen molar-refractivity contribution in [1.82, 2.24) is 0 Å². The molecule has 0 aliphatic heterocycles. The molecule has 0 unspecified atom stereocenters. The van der Waals surface area contributed by atoms with Crippen molar-refractivity contribution in [2.24, 2.45) is 5.92 Å². The molecule has 6 nitrogen and oxygen atoms in total. The molecule has 4 aromatic carbocycles. The van der Waals surface area contributed by atoms with Gasteiger partial charge in [-0.1, -0.05) is 74.5 Å². The molecule has 0 radical (unpaired) electrons. The van der Waals surface area contributed by atoms with Gasteiger partial charge >= 0.3 is 6.03 Å². The first-order chi connectivity index (χ1) is 17.9. The second-order valence-corrected chi connectivity index (χ2v) is 8.86. The fourth-order valence-corrected chi connectivity index (χ4v) is 3.89. The van der Waals surface area contributed by atoms with Crippen LogP contribution in [0.5, 0.6) is 11.5 Å². The molecule has 0 saturated heterocycles. The van der Waals surface area contributed by atoms with Crippen LogP contribution in [0.3, 0.4) is 0 Å². The van der Waals surface area contributed by atoms with Crippen molar-refractivity contribution in [3.05, 3.63) is 120 Å². The molecular weight excluding hydrogens is 464 g/mol. The highest BCUT2D eigenvalue weighted by Gasteiger charge is 2.22. The third-order valence-corrected chi connectivity index (χ3v) is 5.82. The van der Waals surface area contributed by atoms with E-state index >= 15 is 0 Å². The topological polar surface area (TPSA) is 76.7 Å². The Morgan fingerprint density at radius 2 is 1.24 bits per heavy atom. The number of benzene rings is 4. The van der Waals surface area contributed by atoms with Gasteiger partial charge < -0.3 is 20.1 Å². The van der Waals surface area contributed by atoms with Crippen molar-refractivity contribution in [1.29, 1.82) is 0 Å². The lowest BCUT2D eigenvalue weighted by Crippen LogP contribution is -2.20. The standard InChI is InChI=1S/C31H30N2O4/c1-21(2)29(34)27-20-25(33-31(35)32-24-14-17-26(36-3)18-15-24)16-19-28(27)37-30(22-10-6-4-7-11-22)23-12-8-5-9-13-23/h4-21,30H,1-3H3,(H2,32,33,35). The van der Waals surface area contributed by atoms with Gasteiger partial charge in [0.2, 0.25) is 0 Å². The molecule has 0 saturated carbocycles. The largest absolute Gasteiger partial charge is 0.497 e. The highest BCUT2D eigenvalue weighted by Crippen LogP contribution is 2.33. The highest BCUT2D eigenvalue weighted by atomic mass is 16.5. The Bertz CT molecular complexity index is 1300. The quantitative estimate of drug-likeness (QED) is 0.239. The van der Waals surface area contributed by atoms with Gasteiger partial charge in [0.05, 0.1) is 12.7 Å². The third-order valence-electron chi connectivity index (χ3n) is 5.82. The number of carbonyl (C=O) groups excluding carboxylic acids is 2. The summed E-state index contributed by atoms with van der Waals surface area (Å²) in [7, 11) is 1.58. The Morgan fingerprint density at radius 1 is 0.703 bits per heavy atom. The van der Waals surface area contributed by atoms with Gasteiger partial charge in [0, 0.05) is 17.3 Å². The predicted molar refractivity (Wildman–Crippen MR) is 147 cm³/mol. The number of ether oxygens (including phenoxy) is 2. The number of Topliss-reactive ketones (excluding diaryl/α,β-unsaturated/α-hetero) is 1. The van der Waals surface area contributed by atoms with Crippen molar-refractivity contribution >= 4 is 23.2 Å². The molecule has 0 spiro atoms. The van der Waals surface area contributed by atoms with Gasteiger partial charge in [0.25, 0.3) is 0 Å². The van der Waals surface area contributed by atoms with Crippen LogP contribution >= 0.6 is 0 Å². The number of ketones is 1. The first-order valence-electron chi connectivity index (χ1n) is 12.1. The van der Waals surface area contributed by atoms with Gasteiger partial charge in [-0.2, -0.15) is 0 Å². The first-order valence-corrected chi connectivity index (χ1v) is 12.1. The second-order valence-electron chi connectivity index (χ2n) is 8.86. The second kappa shape index (κ2) is 11.9. The Labute approximate surface area is 217 Å². The Kier molecular flexibility index (Phi) is 8.21. The number of urea groups is 1.